The number of rotatable bonds is 5. The molecule has 0 fully saturated rings. The lowest BCUT2D eigenvalue weighted by atomic mass is 10.4. The minimum atomic E-state index is 0.936. The van der Waals surface area contributed by atoms with Gasteiger partial charge in [-0.1, -0.05) is 6.92 Å². The van der Waals surface area contributed by atoms with Gasteiger partial charge in [0.1, 0.15) is 5.52 Å². The number of fused-ring (bicyclic) bond motifs is 1. The molecule has 2 aromatic heterocycles. The fourth-order valence-corrected chi connectivity index (χ4v) is 1.67. The van der Waals surface area contributed by atoms with Crippen LogP contribution in [0.4, 0.5) is 5.82 Å². The molecule has 1 N–H and O–H groups in total. The van der Waals surface area contributed by atoms with E-state index in [1.165, 1.54) is 0 Å². The Hall–Kier alpha value is -1.62. The Morgan fingerprint density at radius 2 is 2.31 bits per heavy atom. The highest BCUT2D eigenvalue weighted by atomic mass is 15.3. The summed E-state index contributed by atoms with van der Waals surface area (Å²) >= 11 is 0. The predicted molar refractivity (Wildman–Crippen MR) is 64.8 cm³/mol. The van der Waals surface area contributed by atoms with Gasteiger partial charge in [0, 0.05) is 32.5 Å². The van der Waals surface area contributed by atoms with E-state index in [1.807, 2.05) is 23.8 Å². The van der Waals surface area contributed by atoms with E-state index < -0.39 is 0 Å². The molecule has 2 heterocycles. The molecule has 0 spiro atoms. The molecular formula is C11H17N5. The van der Waals surface area contributed by atoms with Crippen molar-refractivity contribution >= 4 is 11.3 Å². The summed E-state index contributed by atoms with van der Waals surface area (Å²) in [5.41, 5.74) is 1.04. The third-order valence-electron chi connectivity index (χ3n) is 2.54. The maximum absolute atomic E-state index is 4.40. The smallest absolute Gasteiger partial charge is 0.154 e. The second kappa shape index (κ2) is 4.94. The SMILES string of the molecule is CCNCCN(C)c1nccn2nccc12. The van der Waals surface area contributed by atoms with E-state index in [-0.39, 0.29) is 0 Å². The Morgan fingerprint density at radius 1 is 1.44 bits per heavy atom. The second-order valence-corrected chi connectivity index (χ2v) is 3.69. The van der Waals surface area contributed by atoms with E-state index in [1.54, 1.807) is 12.4 Å². The van der Waals surface area contributed by atoms with Gasteiger partial charge < -0.3 is 10.2 Å². The molecule has 2 rings (SSSR count). The summed E-state index contributed by atoms with van der Waals surface area (Å²) in [6, 6.07) is 1.98. The summed E-state index contributed by atoms with van der Waals surface area (Å²) < 4.78 is 1.84. The number of hydrogen-bond donors (Lipinski definition) is 1. The third-order valence-corrected chi connectivity index (χ3v) is 2.54. The Morgan fingerprint density at radius 3 is 3.12 bits per heavy atom. The van der Waals surface area contributed by atoms with Gasteiger partial charge in [0.2, 0.25) is 0 Å². The van der Waals surface area contributed by atoms with Gasteiger partial charge in [-0.3, -0.25) is 0 Å². The third kappa shape index (κ3) is 2.14. The van der Waals surface area contributed by atoms with Crippen LogP contribution in [-0.4, -0.2) is 41.3 Å². The van der Waals surface area contributed by atoms with E-state index in [2.05, 4.69) is 27.2 Å². The van der Waals surface area contributed by atoms with Gasteiger partial charge in [-0.25, -0.2) is 9.50 Å². The molecule has 5 nitrogen and oxygen atoms in total. The molecule has 2 aromatic rings. The monoisotopic (exact) mass is 219 g/mol. The van der Waals surface area contributed by atoms with Crippen LogP contribution < -0.4 is 10.2 Å². The maximum atomic E-state index is 4.40. The average Bonchev–Trinajstić information content (AvgIpc) is 2.76. The Balaban J connectivity index is 2.15. The average molecular weight is 219 g/mol. The molecule has 0 radical (unpaired) electrons. The molecule has 16 heavy (non-hydrogen) atoms. The molecular weight excluding hydrogens is 202 g/mol. The molecule has 5 heteroatoms. The number of likely N-dealkylation sites (N-methyl/N-ethyl adjacent to an activating group) is 2. The number of hydrogen-bond acceptors (Lipinski definition) is 4. The van der Waals surface area contributed by atoms with Crippen molar-refractivity contribution in [3.8, 4) is 0 Å². The first-order valence-electron chi connectivity index (χ1n) is 5.53. The summed E-state index contributed by atoms with van der Waals surface area (Å²) in [6.07, 6.45) is 5.43. The van der Waals surface area contributed by atoms with Crippen LogP contribution in [0.2, 0.25) is 0 Å². The predicted octanol–water partition coefficient (Wildman–Crippen LogP) is 0.775. The van der Waals surface area contributed by atoms with E-state index in [9.17, 15) is 0 Å². The van der Waals surface area contributed by atoms with Crippen molar-refractivity contribution < 1.29 is 0 Å². The molecule has 0 atom stereocenters. The summed E-state index contributed by atoms with van der Waals surface area (Å²) in [5.74, 6) is 0.970. The molecule has 0 unspecified atom stereocenters. The lowest BCUT2D eigenvalue weighted by molar-refractivity contribution is 0.702. The highest BCUT2D eigenvalue weighted by molar-refractivity contribution is 5.67. The van der Waals surface area contributed by atoms with Crippen LogP contribution in [0.3, 0.4) is 0 Å². The highest BCUT2D eigenvalue weighted by Crippen LogP contribution is 2.15. The van der Waals surface area contributed by atoms with E-state index in [0.29, 0.717) is 0 Å². The summed E-state index contributed by atoms with van der Waals surface area (Å²) in [5, 5.41) is 7.49. The molecule has 0 amide bonds. The molecule has 0 aliphatic heterocycles. The van der Waals surface area contributed by atoms with Gasteiger partial charge in [-0.15, -0.1) is 0 Å². The van der Waals surface area contributed by atoms with Crippen LogP contribution in [0.25, 0.3) is 5.52 Å². The molecule has 0 bridgehead atoms. The van der Waals surface area contributed by atoms with E-state index in [4.69, 9.17) is 0 Å². The Labute approximate surface area is 95.1 Å². The number of anilines is 1. The first-order valence-corrected chi connectivity index (χ1v) is 5.53. The van der Waals surface area contributed by atoms with Gasteiger partial charge in [0.15, 0.2) is 5.82 Å². The molecule has 0 saturated heterocycles. The fraction of sp³-hybridized carbons (Fsp3) is 0.455. The summed E-state index contributed by atoms with van der Waals surface area (Å²) in [7, 11) is 2.05. The van der Waals surface area contributed by atoms with Crippen LogP contribution in [0, 0.1) is 0 Å². The normalized spacial score (nSPS) is 10.9. The lowest BCUT2D eigenvalue weighted by Crippen LogP contribution is -2.29. The molecule has 86 valence electrons. The van der Waals surface area contributed by atoms with Crippen molar-refractivity contribution in [3.63, 3.8) is 0 Å². The molecule has 0 aliphatic carbocycles. The number of aromatic nitrogens is 3. The van der Waals surface area contributed by atoms with Crippen LogP contribution >= 0.6 is 0 Å². The number of nitrogens with one attached hydrogen (secondary N) is 1. The van der Waals surface area contributed by atoms with Crippen LogP contribution in [0.15, 0.2) is 24.7 Å². The largest absolute Gasteiger partial charge is 0.357 e. The van der Waals surface area contributed by atoms with Crippen LogP contribution in [0.5, 0.6) is 0 Å². The molecule has 0 aromatic carbocycles. The lowest BCUT2D eigenvalue weighted by Gasteiger charge is -2.18. The second-order valence-electron chi connectivity index (χ2n) is 3.69. The van der Waals surface area contributed by atoms with Crippen LogP contribution in [-0.2, 0) is 0 Å². The van der Waals surface area contributed by atoms with Gasteiger partial charge in [0.05, 0.1) is 6.20 Å². The standard InChI is InChI=1S/C11H17N5/c1-3-12-6-8-15(2)11-10-4-5-14-16(10)9-7-13-11/h4-5,7,9,12H,3,6,8H2,1-2H3. The zero-order chi connectivity index (χ0) is 11.4. The summed E-state index contributed by atoms with van der Waals surface area (Å²) in [6.45, 7) is 5.00. The minimum Gasteiger partial charge on any atom is -0.357 e. The summed E-state index contributed by atoms with van der Waals surface area (Å²) in [4.78, 5) is 6.53. The molecule has 0 aliphatic rings. The molecule has 0 saturated carbocycles. The zero-order valence-corrected chi connectivity index (χ0v) is 9.72. The topological polar surface area (TPSA) is 45.5 Å². The maximum Gasteiger partial charge on any atom is 0.154 e. The van der Waals surface area contributed by atoms with Gasteiger partial charge in [-0.05, 0) is 12.6 Å². The first kappa shape index (κ1) is 10.9. The van der Waals surface area contributed by atoms with Crippen LogP contribution in [0.1, 0.15) is 6.92 Å². The quantitative estimate of drug-likeness (QED) is 0.755. The first-order chi connectivity index (χ1) is 7.83. The Bertz CT molecular complexity index is 450. The van der Waals surface area contributed by atoms with Crippen molar-refractivity contribution in [1.82, 2.24) is 19.9 Å². The van der Waals surface area contributed by atoms with E-state index >= 15 is 0 Å². The Kier molecular flexibility index (Phi) is 3.36. The zero-order valence-electron chi connectivity index (χ0n) is 9.72. The van der Waals surface area contributed by atoms with Crippen molar-refractivity contribution in [1.29, 1.82) is 0 Å². The van der Waals surface area contributed by atoms with Crippen molar-refractivity contribution in [2.24, 2.45) is 0 Å². The van der Waals surface area contributed by atoms with Gasteiger partial charge in [-0.2, -0.15) is 5.10 Å². The van der Waals surface area contributed by atoms with Gasteiger partial charge >= 0.3 is 0 Å². The van der Waals surface area contributed by atoms with Crippen molar-refractivity contribution in [2.75, 3.05) is 31.6 Å². The van der Waals surface area contributed by atoms with Crippen molar-refractivity contribution in [2.45, 2.75) is 6.92 Å². The van der Waals surface area contributed by atoms with E-state index in [0.717, 1.165) is 31.0 Å². The fourth-order valence-electron chi connectivity index (χ4n) is 1.67. The number of nitrogens with zero attached hydrogens (tertiary/aromatic N) is 4. The van der Waals surface area contributed by atoms with Crippen molar-refractivity contribution in [3.05, 3.63) is 24.7 Å². The van der Waals surface area contributed by atoms with Gasteiger partial charge in [0.25, 0.3) is 0 Å². The highest BCUT2D eigenvalue weighted by Gasteiger charge is 2.07. The minimum absolute atomic E-state index is 0.936.